The number of methoxy groups -OCH3 is 1. The molecule has 0 saturated carbocycles. The van der Waals surface area contributed by atoms with Gasteiger partial charge in [-0.05, 0) is 43.8 Å². The number of nitrogens with zero attached hydrogens (tertiary/aromatic N) is 1. The Hall–Kier alpha value is -0.900. The van der Waals surface area contributed by atoms with Gasteiger partial charge in [-0.3, -0.25) is 0 Å². The largest absolute Gasteiger partial charge is 0.384 e. The van der Waals surface area contributed by atoms with Crippen LogP contribution in [0.3, 0.4) is 0 Å². The second-order valence-electron chi connectivity index (χ2n) is 5.57. The number of hydrogen-bond acceptors (Lipinski definition) is 3. The van der Waals surface area contributed by atoms with Gasteiger partial charge in [0, 0.05) is 19.7 Å². The highest BCUT2D eigenvalue weighted by Crippen LogP contribution is 2.19. The van der Waals surface area contributed by atoms with Crippen molar-refractivity contribution in [3.8, 4) is 0 Å². The molecule has 3 nitrogen and oxygen atoms in total. The zero-order valence-electron chi connectivity index (χ0n) is 11.9. The van der Waals surface area contributed by atoms with Crippen molar-refractivity contribution in [2.24, 2.45) is 11.7 Å². The van der Waals surface area contributed by atoms with Crippen LogP contribution in [0.1, 0.15) is 30.9 Å². The molecular formula is C16H26N2O. The van der Waals surface area contributed by atoms with Crippen LogP contribution in [0.5, 0.6) is 0 Å². The third-order valence-electron chi connectivity index (χ3n) is 3.99. The van der Waals surface area contributed by atoms with Gasteiger partial charge in [-0.15, -0.1) is 0 Å². The molecule has 2 unspecified atom stereocenters. The van der Waals surface area contributed by atoms with Crippen LogP contribution in [0.4, 0.5) is 0 Å². The summed E-state index contributed by atoms with van der Waals surface area (Å²) in [6, 6.07) is 10.6. The summed E-state index contributed by atoms with van der Waals surface area (Å²) in [5, 5.41) is 0. The van der Waals surface area contributed by atoms with Gasteiger partial charge in [0.1, 0.15) is 0 Å². The van der Waals surface area contributed by atoms with Crippen LogP contribution in [0, 0.1) is 5.92 Å². The molecule has 0 aromatic heterocycles. The molecule has 0 radical (unpaired) electrons. The second kappa shape index (κ2) is 7.63. The minimum atomic E-state index is 0.156. The van der Waals surface area contributed by atoms with Crippen LogP contribution in [0.25, 0.3) is 0 Å². The van der Waals surface area contributed by atoms with Crippen molar-refractivity contribution in [1.82, 2.24) is 4.90 Å². The molecule has 1 heterocycles. The maximum absolute atomic E-state index is 6.25. The molecule has 1 saturated heterocycles. The van der Waals surface area contributed by atoms with Gasteiger partial charge in [0.05, 0.1) is 6.61 Å². The van der Waals surface area contributed by atoms with Gasteiger partial charge in [0.15, 0.2) is 0 Å². The van der Waals surface area contributed by atoms with Gasteiger partial charge in [-0.2, -0.15) is 0 Å². The monoisotopic (exact) mass is 262 g/mol. The summed E-state index contributed by atoms with van der Waals surface area (Å²) in [6.07, 6.45) is 3.62. The minimum absolute atomic E-state index is 0.156. The Kier molecular flexibility index (Phi) is 5.83. The first-order valence-electron chi connectivity index (χ1n) is 7.31. The normalized spacial score (nSPS) is 22.3. The summed E-state index contributed by atoms with van der Waals surface area (Å²) in [4.78, 5) is 2.54. The van der Waals surface area contributed by atoms with E-state index in [1.54, 1.807) is 7.11 Å². The number of ether oxygens (including phenoxy) is 1. The van der Waals surface area contributed by atoms with Crippen molar-refractivity contribution in [2.45, 2.75) is 25.3 Å². The predicted molar refractivity (Wildman–Crippen MR) is 79.0 cm³/mol. The van der Waals surface area contributed by atoms with Crippen LogP contribution in [0.15, 0.2) is 30.3 Å². The highest BCUT2D eigenvalue weighted by atomic mass is 16.5. The van der Waals surface area contributed by atoms with E-state index in [1.165, 1.54) is 24.9 Å². The van der Waals surface area contributed by atoms with Crippen molar-refractivity contribution in [3.05, 3.63) is 35.9 Å². The molecule has 0 bridgehead atoms. The predicted octanol–water partition coefficient (Wildman–Crippen LogP) is 2.43. The molecule has 2 atom stereocenters. The number of benzene rings is 1. The number of piperidine rings is 1. The SMILES string of the molecule is COCC1CCCN(CCC(N)c2ccccc2)C1. The van der Waals surface area contributed by atoms with Gasteiger partial charge in [0.25, 0.3) is 0 Å². The Labute approximate surface area is 116 Å². The summed E-state index contributed by atoms with van der Waals surface area (Å²) < 4.78 is 5.27. The van der Waals surface area contributed by atoms with E-state index in [0.29, 0.717) is 5.92 Å². The average Bonchev–Trinajstić information content (AvgIpc) is 2.46. The summed E-state index contributed by atoms with van der Waals surface area (Å²) in [6.45, 7) is 4.36. The highest BCUT2D eigenvalue weighted by Gasteiger charge is 2.20. The molecule has 2 N–H and O–H groups in total. The molecular weight excluding hydrogens is 236 g/mol. The van der Waals surface area contributed by atoms with E-state index < -0.39 is 0 Å². The van der Waals surface area contributed by atoms with Crippen LogP contribution >= 0.6 is 0 Å². The molecule has 19 heavy (non-hydrogen) atoms. The van der Waals surface area contributed by atoms with Crippen LogP contribution in [-0.4, -0.2) is 38.3 Å². The van der Waals surface area contributed by atoms with Gasteiger partial charge >= 0.3 is 0 Å². The first-order valence-corrected chi connectivity index (χ1v) is 7.31. The first-order chi connectivity index (χ1) is 9.29. The zero-order valence-corrected chi connectivity index (χ0v) is 11.9. The summed E-state index contributed by atoms with van der Waals surface area (Å²) in [5.74, 6) is 0.701. The molecule has 1 aliphatic rings. The first kappa shape index (κ1) is 14.5. The maximum Gasteiger partial charge on any atom is 0.0502 e. The third-order valence-corrected chi connectivity index (χ3v) is 3.99. The smallest absolute Gasteiger partial charge is 0.0502 e. The van der Waals surface area contributed by atoms with E-state index in [1.807, 2.05) is 6.07 Å². The highest BCUT2D eigenvalue weighted by molar-refractivity contribution is 5.18. The fraction of sp³-hybridized carbons (Fsp3) is 0.625. The Morgan fingerprint density at radius 2 is 2.16 bits per heavy atom. The van der Waals surface area contributed by atoms with Gasteiger partial charge in [-0.1, -0.05) is 30.3 Å². The molecule has 1 aliphatic heterocycles. The molecule has 0 aliphatic carbocycles. The molecule has 0 spiro atoms. The number of likely N-dealkylation sites (tertiary alicyclic amines) is 1. The second-order valence-corrected chi connectivity index (χ2v) is 5.57. The lowest BCUT2D eigenvalue weighted by Crippen LogP contribution is -2.38. The summed E-state index contributed by atoms with van der Waals surface area (Å²) in [7, 11) is 1.80. The van der Waals surface area contributed by atoms with Gasteiger partial charge in [-0.25, -0.2) is 0 Å². The Morgan fingerprint density at radius 3 is 2.89 bits per heavy atom. The van der Waals surface area contributed by atoms with Crippen molar-refractivity contribution >= 4 is 0 Å². The quantitative estimate of drug-likeness (QED) is 0.855. The van der Waals surface area contributed by atoms with E-state index >= 15 is 0 Å². The van der Waals surface area contributed by atoms with Crippen LogP contribution < -0.4 is 5.73 Å². The van der Waals surface area contributed by atoms with Crippen molar-refractivity contribution in [3.63, 3.8) is 0 Å². The molecule has 1 aromatic carbocycles. The molecule has 1 fully saturated rings. The zero-order chi connectivity index (χ0) is 13.5. The fourth-order valence-corrected chi connectivity index (χ4v) is 2.91. The van der Waals surface area contributed by atoms with Crippen LogP contribution in [-0.2, 0) is 4.74 Å². The Morgan fingerprint density at radius 1 is 1.37 bits per heavy atom. The molecule has 1 aromatic rings. The Balaban J connectivity index is 1.75. The fourth-order valence-electron chi connectivity index (χ4n) is 2.91. The van der Waals surface area contributed by atoms with E-state index in [4.69, 9.17) is 10.5 Å². The Bertz CT molecular complexity index is 353. The number of hydrogen-bond donors (Lipinski definition) is 1. The lowest BCUT2D eigenvalue weighted by atomic mass is 9.98. The summed E-state index contributed by atoms with van der Waals surface area (Å²) >= 11 is 0. The maximum atomic E-state index is 6.25. The standard InChI is InChI=1S/C16H26N2O/c1-19-13-14-6-5-10-18(12-14)11-9-16(17)15-7-3-2-4-8-15/h2-4,7-8,14,16H,5-6,9-13,17H2,1H3. The number of nitrogens with two attached hydrogens (primary N) is 1. The molecule has 0 amide bonds. The van der Waals surface area contributed by atoms with E-state index in [9.17, 15) is 0 Å². The minimum Gasteiger partial charge on any atom is -0.384 e. The molecule has 3 heteroatoms. The van der Waals surface area contributed by atoms with E-state index in [0.717, 1.165) is 26.1 Å². The van der Waals surface area contributed by atoms with Crippen LogP contribution in [0.2, 0.25) is 0 Å². The average molecular weight is 262 g/mol. The van der Waals surface area contributed by atoms with Crippen molar-refractivity contribution in [2.75, 3.05) is 33.4 Å². The summed E-state index contributed by atoms with van der Waals surface area (Å²) in [5.41, 5.74) is 7.50. The van der Waals surface area contributed by atoms with Gasteiger partial charge in [0.2, 0.25) is 0 Å². The van der Waals surface area contributed by atoms with Crippen molar-refractivity contribution < 1.29 is 4.74 Å². The van der Waals surface area contributed by atoms with Crippen molar-refractivity contribution in [1.29, 1.82) is 0 Å². The number of rotatable bonds is 6. The van der Waals surface area contributed by atoms with E-state index in [2.05, 4.69) is 29.2 Å². The molecule has 106 valence electrons. The van der Waals surface area contributed by atoms with E-state index in [-0.39, 0.29) is 6.04 Å². The topological polar surface area (TPSA) is 38.5 Å². The third kappa shape index (κ3) is 4.60. The van der Waals surface area contributed by atoms with Gasteiger partial charge < -0.3 is 15.4 Å². The lowest BCUT2D eigenvalue weighted by Gasteiger charge is -2.33. The molecule has 2 rings (SSSR count). The lowest BCUT2D eigenvalue weighted by molar-refractivity contribution is 0.0892.